The maximum atomic E-state index is 12.1. The molecule has 0 saturated carbocycles. The number of aromatic nitrogens is 2. The number of carbonyl (C=O) groups is 1. The molecule has 0 radical (unpaired) electrons. The van der Waals surface area contributed by atoms with Gasteiger partial charge in [0, 0.05) is 25.0 Å². The number of anilines is 1. The number of rotatable bonds is 3. The highest BCUT2D eigenvalue weighted by molar-refractivity contribution is 6.33. The first-order valence-electron chi connectivity index (χ1n) is 5.36. The largest absolute Gasteiger partial charge is 0.398 e. The Labute approximate surface area is 110 Å². The van der Waals surface area contributed by atoms with Gasteiger partial charge in [-0.1, -0.05) is 11.6 Å². The molecule has 5 nitrogen and oxygen atoms in total. The number of hydrogen-bond donors (Lipinski definition) is 2. The number of nitrogens with one attached hydrogen (secondary N) is 1. The van der Waals surface area contributed by atoms with E-state index < -0.39 is 0 Å². The van der Waals surface area contributed by atoms with E-state index in [9.17, 15) is 4.79 Å². The van der Waals surface area contributed by atoms with Crippen LogP contribution in [0.25, 0.3) is 0 Å². The summed E-state index contributed by atoms with van der Waals surface area (Å²) in [5, 5.41) is 0.382. The van der Waals surface area contributed by atoms with Crippen molar-refractivity contribution in [2.75, 3.05) is 12.8 Å². The molecule has 1 aromatic carbocycles. The van der Waals surface area contributed by atoms with Crippen molar-refractivity contribution >= 4 is 23.2 Å². The number of halogens is 1. The fourth-order valence-corrected chi connectivity index (χ4v) is 1.74. The topological polar surface area (TPSA) is 75.0 Å². The molecule has 0 unspecified atom stereocenters. The van der Waals surface area contributed by atoms with E-state index in [-0.39, 0.29) is 5.91 Å². The molecule has 2 rings (SSSR count). The van der Waals surface area contributed by atoms with E-state index in [2.05, 4.69) is 9.97 Å². The quantitative estimate of drug-likeness (QED) is 0.832. The van der Waals surface area contributed by atoms with Gasteiger partial charge in [-0.25, -0.2) is 4.98 Å². The molecule has 0 spiro atoms. The SMILES string of the molecule is CN(Cc1ncc[nH]1)C(=O)c1ccc(N)c(Cl)c1. The smallest absolute Gasteiger partial charge is 0.254 e. The Balaban J connectivity index is 2.12. The first-order valence-corrected chi connectivity index (χ1v) is 5.74. The van der Waals surface area contributed by atoms with Gasteiger partial charge < -0.3 is 15.6 Å². The van der Waals surface area contributed by atoms with Crippen LogP contribution in [0, 0.1) is 0 Å². The van der Waals surface area contributed by atoms with E-state index in [0.29, 0.717) is 22.8 Å². The highest BCUT2D eigenvalue weighted by Gasteiger charge is 2.13. The lowest BCUT2D eigenvalue weighted by molar-refractivity contribution is 0.0782. The minimum Gasteiger partial charge on any atom is -0.398 e. The third kappa shape index (κ3) is 2.62. The van der Waals surface area contributed by atoms with Crippen LogP contribution in [0.15, 0.2) is 30.6 Å². The van der Waals surface area contributed by atoms with Gasteiger partial charge in [0.05, 0.1) is 17.3 Å². The molecule has 0 fully saturated rings. The minimum absolute atomic E-state index is 0.131. The van der Waals surface area contributed by atoms with Crippen LogP contribution in [0.4, 0.5) is 5.69 Å². The van der Waals surface area contributed by atoms with Crippen LogP contribution in [0.2, 0.25) is 5.02 Å². The van der Waals surface area contributed by atoms with Crippen LogP contribution in [-0.2, 0) is 6.54 Å². The zero-order valence-electron chi connectivity index (χ0n) is 9.85. The lowest BCUT2D eigenvalue weighted by atomic mass is 10.2. The van der Waals surface area contributed by atoms with Crippen LogP contribution in [0.5, 0.6) is 0 Å². The van der Waals surface area contributed by atoms with E-state index in [1.54, 1.807) is 42.5 Å². The summed E-state index contributed by atoms with van der Waals surface area (Å²) < 4.78 is 0. The summed E-state index contributed by atoms with van der Waals surface area (Å²) in [6, 6.07) is 4.84. The van der Waals surface area contributed by atoms with Crippen LogP contribution in [0.1, 0.15) is 16.2 Å². The molecule has 0 aliphatic rings. The molecule has 1 aromatic heterocycles. The minimum atomic E-state index is -0.131. The normalized spacial score (nSPS) is 10.3. The molecule has 0 aliphatic carbocycles. The maximum absolute atomic E-state index is 12.1. The van der Waals surface area contributed by atoms with Gasteiger partial charge in [-0.2, -0.15) is 0 Å². The van der Waals surface area contributed by atoms with Crippen LogP contribution >= 0.6 is 11.6 Å². The van der Waals surface area contributed by atoms with Crippen molar-refractivity contribution in [1.29, 1.82) is 0 Å². The van der Waals surface area contributed by atoms with Crippen LogP contribution in [0.3, 0.4) is 0 Å². The Kier molecular flexibility index (Phi) is 3.53. The predicted octanol–water partition coefficient (Wildman–Crippen LogP) is 1.92. The predicted molar refractivity (Wildman–Crippen MR) is 70.2 cm³/mol. The zero-order chi connectivity index (χ0) is 13.1. The molecule has 3 N–H and O–H groups in total. The number of H-pyrrole nitrogens is 1. The van der Waals surface area contributed by atoms with E-state index in [0.717, 1.165) is 5.82 Å². The molecule has 6 heteroatoms. The Morgan fingerprint density at radius 2 is 2.33 bits per heavy atom. The third-order valence-corrected chi connectivity index (χ3v) is 2.86. The third-order valence-electron chi connectivity index (χ3n) is 2.54. The highest BCUT2D eigenvalue weighted by Crippen LogP contribution is 2.20. The van der Waals surface area contributed by atoms with E-state index >= 15 is 0 Å². The second-order valence-corrected chi connectivity index (χ2v) is 4.34. The van der Waals surface area contributed by atoms with Crippen molar-refractivity contribution in [3.05, 3.63) is 47.0 Å². The van der Waals surface area contributed by atoms with Gasteiger partial charge in [0.25, 0.3) is 5.91 Å². The van der Waals surface area contributed by atoms with Crippen molar-refractivity contribution in [3.63, 3.8) is 0 Å². The Hall–Kier alpha value is -2.01. The van der Waals surface area contributed by atoms with Crippen LogP contribution in [-0.4, -0.2) is 27.8 Å². The van der Waals surface area contributed by atoms with Crippen molar-refractivity contribution in [1.82, 2.24) is 14.9 Å². The second-order valence-electron chi connectivity index (χ2n) is 3.93. The summed E-state index contributed by atoms with van der Waals surface area (Å²) in [5.41, 5.74) is 6.57. The Morgan fingerprint density at radius 1 is 1.56 bits per heavy atom. The second kappa shape index (κ2) is 5.10. The number of amides is 1. The van der Waals surface area contributed by atoms with Gasteiger partial charge >= 0.3 is 0 Å². The van der Waals surface area contributed by atoms with Gasteiger partial charge in [0.2, 0.25) is 0 Å². The first kappa shape index (κ1) is 12.4. The lowest BCUT2D eigenvalue weighted by Gasteiger charge is -2.16. The molecular formula is C12H13ClN4O. The van der Waals surface area contributed by atoms with E-state index in [4.69, 9.17) is 17.3 Å². The molecule has 94 valence electrons. The van der Waals surface area contributed by atoms with E-state index in [1.807, 2.05) is 0 Å². The van der Waals surface area contributed by atoms with Crippen molar-refractivity contribution < 1.29 is 4.79 Å². The summed E-state index contributed by atoms with van der Waals surface area (Å²) in [7, 11) is 1.70. The number of carbonyl (C=O) groups excluding carboxylic acids is 1. The highest BCUT2D eigenvalue weighted by atomic mass is 35.5. The maximum Gasteiger partial charge on any atom is 0.254 e. The fraction of sp³-hybridized carbons (Fsp3) is 0.167. The van der Waals surface area contributed by atoms with Gasteiger partial charge in [-0.05, 0) is 18.2 Å². The Bertz CT molecular complexity index is 553. The summed E-state index contributed by atoms with van der Waals surface area (Å²) in [6.45, 7) is 0.411. The van der Waals surface area contributed by atoms with Gasteiger partial charge in [0.1, 0.15) is 5.82 Å². The molecule has 0 saturated heterocycles. The van der Waals surface area contributed by atoms with Gasteiger partial charge in [0.15, 0.2) is 0 Å². The van der Waals surface area contributed by atoms with Gasteiger partial charge in [-0.3, -0.25) is 4.79 Å². The van der Waals surface area contributed by atoms with Crippen LogP contribution < -0.4 is 5.73 Å². The number of benzene rings is 1. The van der Waals surface area contributed by atoms with Gasteiger partial charge in [-0.15, -0.1) is 0 Å². The molecule has 18 heavy (non-hydrogen) atoms. The fourth-order valence-electron chi connectivity index (χ4n) is 1.56. The number of nitrogens with zero attached hydrogens (tertiary/aromatic N) is 2. The molecule has 0 aliphatic heterocycles. The average molecular weight is 265 g/mol. The summed E-state index contributed by atoms with van der Waals surface area (Å²) in [5.74, 6) is 0.598. The summed E-state index contributed by atoms with van der Waals surface area (Å²) in [6.07, 6.45) is 3.36. The van der Waals surface area contributed by atoms with E-state index in [1.165, 1.54) is 0 Å². The number of imidazole rings is 1. The molecule has 0 atom stereocenters. The molecular weight excluding hydrogens is 252 g/mol. The molecule has 1 amide bonds. The first-order chi connectivity index (χ1) is 8.58. The standard InChI is InChI=1S/C12H13ClN4O/c1-17(7-11-15-4-5-16-11)12(18)8-2-3-10(14)9(13)6-8/h2-6H,7,14H2,1H3,(H,15,16). The van der Waals surface area contributed by atoms with Crippen molar-refractivity contribution in [2.45, 2.75) is 6.54 Å². The molecule has 2 aromatic rings. The Morgan fingerprint density at radius 3 is 2.94 bits per heavy atom. The van der Waals surface area contributed by atoms with Crippen molar-refractivity contribution in [3.8, 4) is 0 Å². The summed E-state index contributed by atoms with van der Waals surface area (Å²) >= 11 is 5.89. The number of nitrogens with two attached hydrogens (primary N) is 1. The molecule has 0 bridgehead atoms. The molecule has 1 heterocycles. The number of aromatic amines is 1. The zero-order valence-corrected chi connectivity index (χ0v) is 10.6. The number of hydrogen-bond acceptors (Lipinski definition) is 3. The average Bonchev–Trinajstić information content (AvgIpc) is 2.84. The van der Waals surface area contributed by atoms with Crippen molar-refractivity contribution in [2.24, 2.45) is 0 Å². The number of nitrogen functional groups attached to an aromatic ring is 1. The lowest BCUT2D eigenvalue weighted by Crippen LogP contribution is -2.26. The summed E-state index contributed by atoms with van der Waals surface area (Å²) in [4.78, 5) is 20.7. The monoisotopic (exact) mass is 264 g/mol.